The maximum absolute atomic E-state index is 14.4. The van der Waals surface area contributed by atoms with Crippen molar-refractivity contribution in [2.24, 2.45) is 0 Å². The van der Waals surface area contributed by atoms with Crippen LogP contribution < -0.4 is 0 Å². The molecular formula is C21H24FNO2S. The van der Waals surface area contributed by atoms with Crippen LogP contribution in [0.3, 0.4) is 0 Å². The van der Waals surface area contributed by atoms with Crippen LogP contribution >= 0.6 is 11.3 Å². The number of aliphatic carboxylic acids is 1. The van der Waals surface area contributed by atoms with Gasteiger partial charge in [0, 0.05) is 23.0 Å². The fraction of sp³-hybridized carbons (Fsp3) is 0.381. The van der Waals surface area contributed by atoms with Crippen molar-refractivity contribution in [3.05, 3.63) is 63.6 Å². The molecule has 1 aromatic heterocycles. The first-order chi connectivity index (χ1) is 12.6. The Labute approximate surface area is 157 Å². The molecule has 0 radical (unpaired) electrons. The van der Waals surface area contributed by atoms with E-state index < -0.39 is 5.97 Å². The van der Waals surface area contributed by atoms with Gasteiger partial charge in [-0.25, -0.2) is 4.39 Å². The maximum atomic E-state index is 14.4. The molecule has 1 aliphatic heterocycles. The number of rotatable bonds is 7. The van der Waals surface area contributed by atoms with Gasteiger partial charge in [-0.05, 0) is 61.4 Å². The van der Waals surface area contributed by atoms with Gasteiger partial charge in [0.15, 0.2) is 0 Å². The van der Waals surface area contributed by atoms with Gasteiger partial charge in [0.2, 0.25) is 0 Å². The SMILES string of the molecule is Cc1ccsc1C(=CCCN1CCC[C@H]1CC(=O)O)c1ccccc1F. The quantitative estimate of drug-likeness (QED) is 0.746. The van der Waals surface area contributed by atoms with Gasteiger partial charge in [0.25, 0.3) is 0 Å². The smallest absolute Gasteiger partial charge is 0.304 e. The van der Waals surface area contributed by atoms with Crippen LogP contribution in [0.15, 0.2) is 41.8 Å². The highest BCUT2D eigenvalue weighted by Gasteiger charge is 2.25. The van der Waals surface area contributed by atoms with Gasteiger partial charge in [0.05, 0.1) is 6.42 Å². The van der Waals surface area contributed by atoms with E-state index in [9.17, 15) is 9.18 Å². The molecule has 5 heteroatoms. The molecule has 26 heavy (non-hydrogen) atoms. The maximum Gasteiger partial charge on any atom is 0.304 e. The van der Waals surface area contributed by atoms with Gasteiger partial charge < -0.3 is 5.11 Å². The number of thiophene rings is 1. The molecule has 2 heterocycles. The number of hydrogen-bond acceptors (Lipinski definition) is 3. The molecule has 138 valence electrons. The molecule has 3 rings (SSSR count). The molecule has 1 aliphatic rings. The first-order valence-corrected chi connectivity index (χ1v) is 9.89. The highest BCUT2D eigenvalue weighted by atomic mass is 32.1. The van der Waals surface area contributed by atoms with Crippen LogP contribution in [0.25, 0.3) is 5.57 Å². The summed E-state index contributed by atoms with van der Waals surface area (Å²) >= 11 is 1.63. The molecule has 3 nitrogen and oxygen atoms in total. The Morgan fingerprint density at radius 3 is 2.88 bits per heavy atom. The van der Waals surface area contributed by atoms with Crippen molar-refractivity contribution in [3.63, 3.8) is 0 Å². The van der Waals surface area contributed by atoms with Crippen molar-refractivity contribution < 1.29 is 14.3 Å². The molecule has 1 atom stereocenters. The minimum Gasteiger partial charge on any atom is -0.481 e. The summed E-state index contributed by atoms with van der Waals surface area (Å²) in [7, 11) is 0. The predicted octanol–water partition coefficient (Wildman–Crippen LogP) is 4.96. The highest BCUT2D eigenvalue weighted by Crippen LogP contribution is 2.32. The van der Waals surface area contributed by atoms with E-state index in [1.165, 1.54) is 6.07 Å². The number of carboxylic acids is 1. The zero-order valence-corrected chi connectivity index (χ0v) is 15.8. The zero-order chi connectivity index (χ0) is 18.5. The lowest BCUT2D eigenvalue weighted by Gasteiger charge is -2.22. The van der Waals surface area contributed by atoms with E-state index in [0.29, 0.717) is 5.56 Å². The van der Waals surface area contributed by atoms with Crippen molar-refractivity contribution in [1.82, 2.24) is 4.90 Å². The molecule has 0 bridgehead atoms. The van der Waals surface area contributed by atoms with E-state index in [4.69, 9.17) is 5.11 Å². The average Bonchev–Trinajstić information content (AvgIpc) is 3.21. The molecule has 0 aliphatic carbocycles. The van der Waals surface area contributed by atoms with Crippen LogP contribution in [0, 0.1) is 12.7 Å². The molecular weight excluding hydrogens is 349 g/mol. The van der Waals surface area contributed by atoms with E-state index in [0.717, 1.165) is 48.4 Å². The third kappa shape index (κ3) is 4.40. The summed E-state index contributed by atoms with van der Waals surface area (Å²) in [5.41, 5.74) is 2.71. The third-order valence-corrected chi connectivity index (χ3v) is 5.99. The van der Waals surface area contributed by atoms with Crippen LogP contribution in [0.2, 0.25) is 0 Å². The number of halogens is 1. The van der Waals surface area contributed by atoms with E-state index in [2.05, 4.69) is 17.0 Å². The van der Waals surface area contributed by atoms with Crippen LogP contribution in [-0.2, 0) is 4.79 Å². The molecule has 1 aromatic carbocycles. The normalized spacial score (nSPS) is 18.4. The Balaban J connectivity index is 1.79. The van der Waals surface area contributed by atoms with Crippen LogP contribution in [0.4, 0.5) is 4.39 Å². The number of carbonyl (C=O) groups is 1. The number of nitrogens with zero attached hydrogens (tertiary/aromatic N) is 1. The van der Waals surface area contributed by atoms with Crippen molar-refractivity contribution in [1.29, 1.82) is 0 Å². The molecule has 2 aromatic rings. The first-order valence-electron chi connectivity index (χ1n) is 9.01. The van der Waals surface area contributed by atoms with E-state index in [1.807, 2.05) is 24.4 Å². The molecule has 1 N–H and O–H groups in total. The van der Waals surface area contributed by atoms with Gasteiger partial charge in [0.1, 0.15) is 5.82 Å². The van der Waals surface area contributed by atoms with Crippen LogP contribution in [0.5, 0.6) is 0 Å². The van der Waals surface area contributed by atoms with Crippen molar-refractivity contribution >= 4 is 22.9 Å². The summed E-state index contributed by atoms with van der Waals surface area (Å²) in [5, 5.41) is 11.1. The van der Waals surface area contributed by atoms with Crippen molar-refractivity contribution in [3.8, 4) is 0 Å². The molecule has 0 unspecified atom stereocenters. The minimum absolute atomic E-state index is 0.126. The Morgan fingerprint density at radius 1 is 1.38 bits per heavy atom. The molecule has 1 saturated heterocycles. The second-order valence-electron chi connectivity index (χ2n) is 6.75. The van der Waals surface area contributed by atoms with E-state index in [1.54, 1.807) is 17.4 Å². The van der Waals surface area contributed by atoms with Gasteiger partial charge in [-0.1, -0.05) is 24.3 Å². The summed E-state index contributed by atoms with van der Waals surface area (Å²) in [6, 6.07) is 9.06. The fourth-order valence-electron chi connectivity index (χ4n) is 3.65. The van der Waals surface area contributed by atoms with E-state index >= 15 is 0 Å². The molecule has 0 spiro atoms. The predicted molar refractivity (Wildman–Crippen MR) is 104 cm³/mol. The topological polar surface area (TPSA) is 40.5 Å². The second-order valence-corrected chi connectivity index (χ2v) is 7.67. The largest absolute Gasteiger partial charge is 0.481 e. The van der Waals surface area contributed by atoms with Crippen molar-refractivity contribution in [2.75, 3.05) is 13.1 Å². The van der Waals surface area contributed by atoms with Crippen LogP contribution in [-0.4, -0.2) is 35.1 Å². The Kier molecular flexibility index (Phi) is 6.22. The minimum atomic E-state index is -0.737. The number of hydrogen-bond donors (Lipinski definition) is 1. The van der Waals surface area contributed by atoms with Crippen LogP contribution in [0.1, 0.15) is 41.7 Å². The summed E-state index contributed by atoms with van der Waals surface area (Å²) in [6.45, 7) is 3.79. The molecule has 0 saturated carbocycles. The summed E-state index contributed by atoms with van der Waals surface area (Å²) < 4.78 is 14.4. The Morgan fingerprint density at radius 2 is 2.19 bits per heavy atom. The van der Waals surface area contributed by atoms with Gasteiger partial charge in [-0.3, -0.25) is 9.69 Å². The first kappa shape index (κ1) is 18.8. The monoisotopic (exact) mass is 373 g/mol. The number of likely N-dealkylation sites (tertiary alicyclic amines) is 1. The summed E-state index contributed by atoms with van der Waals surface area (Å²) in [4.78, 5) is 14.4. The number of carboxylic acid groups (broad SMARTS) is 1. The number of benzene rings is 1. The lowest BCUT2D eigenvalue weighted by Crippen LogP contribution is -2.32. The fourth-order valence-corrected chi connectivity index (χ4v) is 4.63. The Bertz CT molecular complexity index is 799. The van der Waals surface area contributed by atoms with Crippen molar-refractivity contribution in [2.45, 2.75) is 38.6 Å². The standard InChI is InChI=1S/C21H24FNO2S/c1-15-10-13-26-21(15)18(17-7-2-3-9-19(17)22)8-5-12-23-11-4-6-16(23)14-20(24)25/h2-3,7-10,13,16H,4-6,11-12,14H2,1H3,(H,24,25)/t16-/m0/s1. The molecule has 0 amide bonds. The number of aryl methyl sites for hydroxylation is 1. The molecule has 1 fully saturated rings. The Hall–Kier alpha value is -1.98. The lowest BCUT2D eigenvalue weighted by atomic mass is 10.00. The lowest BCUT2D eigenvalue weighted by molar-refractivity contribution is -0.138. The summed E-state index contributed by atoms with van der Waals surface area (Å²) in [5.74, 6) is -0.949. The van der Waals surface area contributed by atoms with Gasteiger partial charge >= 0.3 is 5.97 Å². The van der Waals surface area contributed by atoms with E-state index in [-0.39, 0.29) is 18.3 Å². The second kappa shape index (κ2) is 8.60. The van der Waals surface area contributed by atoms with Gasteiger partial charge in [-0.2, -0.15) is 0 Å². The summed E-state index contributed by atoms with van der Waals surface area (Å²) in [6.07, 6.45) is 5.07. The highest BCUT2D eigenvalue weighted by molar-refractivity contribution is 7.11. The zero-order valence-electron chi connectivity index (χ0n) is 15.0. The third-order valence-electron chi connectivity index (χ3n) is 4.94. The van der Waals surface area contributed by atoms with Gasteiger partial charge in [-0.15, -0.1) is 11.3 Å². The average molecular weight is 373 g/mol.